The van der Waals surface area contributed by atoms with Crippen molar-refractivity contribution in [1.82, 2.24) is 4.98 Å². The highest BCUT2D eigenvalue weighted by atomic mass is 32.2. The van der Waals surface area contributed by atoms with E-state index in [1.165, 1.54) is 20.1 Å². The molecule has 0 bridgehead atoms. The maximum atomic E-state index is 12.8. The molecule has 0 radical (unpaired) electrons. The number of fused-ring (bicyclic) bond motifs is 1. The summed E-state index contributed by atoms with van der Waals surface area (Å²) in [6.45, 7) is 1.46. The molecule has 0 saturated carbocycles. The highest BCUT2D eigenvalue weighted by molar-refractivity contribution is 7.91. The van der Waals surface area contributed by atoms with Crippen LogP contribution in [0.3, 0.4) is 0 Å². The van der Waals surface area contributed by atoms with Crippen LogP contribution in [0.5, 0.6) is 5.75 Å². The SMILES string of the molecule is CCS(=O)(=O)c1cc(C(N)=O)c(OC)cc1-c1c(C(=O)O)[nH]c2ccccc12. The Morgan fingerprint density at radius 3 is 2.46 bits per heavy atom. The molecular formula is C19H18N2O6S. The second-order valence-corrected chi connectivity index (χ2v) is 8.29. The lowest BCUT2D eigenvalue weighted by atomic mass is 9.99. The largest absolute Gasteiger partial charge is 0.496 e. The third-order valence-corrected chi connectivity index (χ3v) is 6.24. The van der Waals surface area contributed by atoms with Crippen molar-refractivity contribution in [1.29, 1.82) is 0 Å². The van der Waals surface area contributed by atoms with E-state index in [1.807, 2.05) is 0 Å². The van der Waals surface area contributed by atoms with Gasteiger partial charge in [0.1, 0.15) is 11.4 Å². The average Bonchev–Trinajstić information content (AvgIpc) is 3.06. The lowest BCUT2D eigenvalue weighted by Gasteiger charge is -2.15. The monoisotopic (exact) mass is 402 g/mol. The molecule has 1 heterocycles. The summed E-state index contributed by atoms with van der Waals surface area (Å²) in [4.78, 5) is 26.2. The van der Waals surface area contributed by atoms with Gasteiger partial charge in [0.15, 0.2) is 9.84 Å². The number of primary amides is 1. The number of hydrogen-bond donors (Lipinski definition) is 3. The number of ether oxygens (including phenoxy) is 1. The second-order valence-electron chi connectivity index (χ2n) is 6.04. The molecule has 0 aliphatic carbocycles. The predicted octanol–water partition coefficient (Wildman–Crippen LogP) is 2.43. The first-order valence-corrected chi connectivity index (χ1v) is 9.95. The van der Waals surface area contributed by atoms with E-state index in [0.717, 1.165) is 6.07 Å². The molecule has 4 N–H and O–H groups in total. The number of aromatic nitrogens is 1. The Labute approximate surface area is 160 Å². The Balaban J connectivity index is 2.52. The van der Waals surface area contributed by atoms with E-state index in [2.05, 4.69) is 4.98 Å². The minimum Gasteiger partial charge on any atom is -0.496 e. The van der Waals surface area contributed by atoms with Gasteiger partial charge >= 0.3 is 5.97 Å². The van der Waals surface area contributed by atoms with Crippen LogP contribution in [0.25, 0.3) is 22.0 Å². The summed E-state index contributed by atoms with van der Waals surface area (Å²) in [6.07, 6.45) is 0. The van der Waals surface area contributed by atoms with Gasteiger partial charge in [-0.15, -0.1) is 0 Å². The molecule has 0 fully saturated rings. The summed E-state index contributed by atoms with van der Waals surface area (Å²) in [6, 6.07) is 9.30. The predicted molar refractivity (Wildman–Crippen MR) is 103 cm³/mol. The van der Waals surface area contributed by atoms with Crippen molar-refractivity contribution in [2.75, 3.05) is 12.9 Å². The molecule has 3 aromatic rings. The summed E-state index contributed by atoms with van der Waals surface area (Å²) in [5.74, 6) is -2.29. The van der Waals surface area contributed by atoms with E-state index in [1.54, 1.807) is 24.3 Å². The van der Waals surface area contributed by atoms with Crippen molar-refractivity contribution in [3.8, 4) is 16.9 Å². The molecule has 3 rings (SSSR count). The molecule has 146 valence electrons. The van der Waals surface area contributed by atoms with Crippen molar-refractivity contribution in [2.45, 2.75) is 11.8 Å². The normalized spacial score (nSPS) is 11.5. The van der Waals surface area contributed by atoms with Crippen molar-refractivity contribution >= 4 is 32.6 Å². The maximum Gasteiger partial charge on any atom is 0.352 e. The zero-order valence-corrected chi connectivity index (χ0v) is 16.0. The van der Waals surface area contributed by atoms with E-state index < -0.39 is 21.7 Å². The first kappa shape index (κ1) is 19.4. The van der Waals surface area contributed by atoms with Crippen LogP contribution in [0.2, 0.25) is 0 Å². The summed E-state index contributed by atoms with van der Waals surface area (Å²) < 4.78 is 30.7. The number of nitrogens with one attached hydrogen (secondary N) is 1. The number of methoxy groups -OCH3 is 1. The number of aromatic carboxylic acids is 1. The number of aromatic amines is 1. The Hall–Kier alpha value is -3.33. The molecule has 0 unspecified atom stereocenters. The number of carbonyl (C=O) groups is 2. The number of benzene rings is 2. The zero-order valence-electron chi connectivity index (χ0n) is 15.1. The minimum atomic E-state index is -3.82. The number of H-pyrrole nitrogens is 1. The zero-order chi connectivity index (χ0) is 20.6. The molecule has 1 amide bonds. The second kappa shape index (κ2) is 7.01. The number of para-hydroxylation sites is 1. The van der Waals surface area contributed by atoms with Crippen LogP contribution >= 0.6 is 0 Å². The van der Waals surface area contributed by atoms with Gasteiger partial charge in [-0.25, -0.2) is 13.2 Å². The van der Waals surface area contributed by atoms with Crippen LogP contribution in [0.4, 0.5) is 0 Å². The van der Waals surface area contributed by atoms with Crippen LogP contribution in [0.15, 0.2) is 41.3 Å². The third-order valence-electron chi connectivity index (χ3n) is 4.47. The highest BCUT2D eigenvalue weighted by Gasteiger charge is 2.28. The Kier molecular flexibility index (Phi) is 4.86. The fourth-order valence-corrected chi connectivity index (χ4v) is 4.22. The van der Waals surface area contributed by atoms with E-state index in [-0.39, 0.29) is 38.8 Å². The first-order valence-electron chi connectivity index (χ1n) is 8.30. The first-order chi connectivity index (χ1) is 13.2. The molecule has 0 atom stereocenters. The fourth-order valence-electron chi connectivity index (χ4n) is 3.11. The van der Waals surface area contributed by atoms with E-state index in [0.29, 0.717) is 10.9 Å². The van der Waals surface area contributed by atoms with Gasteiger partial charge in [0.25, 0.3) is 5.91 Å². The van der Waals surface area contributed by atoms with E-state index in [4.69, 9.17) is 10.5 Å². The fraction of sp³-hybridized carbons (Fsp3) is 0.158. The van der Waals surface area contributed by atoms with Crippen LogP contribution < -0.4 is 10.5 Å². The van der Waals surface area contributed by atoms with E-state index >= 15 is 0 Å². The van der Waals surface area contributed by atoms with Gasteiger partial charge in [-0.1, -0.05) is 25.1 Å². The highest BCUT2D eigenvalue weighted by Crippen LogP contribution is 2.40. The lowest BCUT2D eigenvalue weighted by Crippen LogP contribution is -2.15. The van der Waals surface area contributed by atoms with Crippen LogP contribution in [0.1, 0.15) is 27.8 Å². The molecular weight excluding hydrogens is 384 g/mol. The minimum absolute atomic E-state index is 0.0548. The molecule has 28 heavy (non-hydrogen) atoms. The number of nitrogens with two attached hydrogens (primary N) is 1. The number of carbonyl (C=O) groups excluding carboxylic acids is 1. The number of rotatable bonds is 6. The number of carboxylic acid groups (broad SMARTS) is 1. The van der Waals surface area contributed by atoms with Gasteiger partial charge in [0.05, 0.1) is 23.3 Å². The van der Waals surface area contributed by atoms with Gasteiger partial charge in [0.2, 0.25) is 0 Å². The van der Waals surface area contributed by atoms with Crippen molar-refractivity contribution < 1.29 is 27.9 Å². The van der Waals surface area contributed by atoms with Crippen molar-refractivity contribution in [3.63, 3.8) is 0 Å². The van der Waals surface area contributed by atoms with Gasteiger partial charge < -0.3 is 20.6 Å². The molecule has 9 heteroatoms. The molecule has 0 spiro atoms. The summed E-state index contributed by atoms with van der Waals surface area (Å²) in [5, 5.41) is 10.2. The molecule has 2 aromatic carbocycles. The Bertz CT molecular complexity index is 1210. The molecule has 1 aromatic heterocycles. The molecule has 0 aliphatic rings. The third kappa shape index (κ3) is 3.09. The lowest BCUT2D eigenvalue weighted by molar-refractivity contribution is 0.0692. The summed E-state index contributed by atoms with van der Waals surface area (Å²) in [5.41, 5.74) is 5.96. The Morgan fingerprint density at radius 2 is 1.89 bits per heavy atom. The topological polar surface area (TPSA) is 140 Å². The van der Waals surface area contributed by atoms with Gasteiger partial charge in [-0.2, -0.15) is 0 Å². The molecule has 8 nitrogen and oxygen atoms in total. The van der Waals surface area contributed by atoms with Crippen LogP contribution in [0, 0.1) is 0 Å². The smallest absolute Gasteiger partial charge is 0.352 e. The number of amides is 1. The maximum absolute atomic E-state index is 12.8. The van der Waals surface area contributed by atoms with Gasteiger partial charge in [0, 0.05) is 22.0 Å². The van der Waals surface area contributed by atoms with Gasteiger partial charge in [-0.05, 0) is 18.2 Å². The van der Waals surface area contributed by atoms with Crippen LogP contribution in [-0.4, -0.2) is 43.2 Å². The standard InChI is InChI=1S/C19H18N2O6S/c1-3-28(25,26)15-9-11(18(20)22)14(27-2)8-12(15)16-10-6-4-5-7-13(10)21-17(16)19(23)24/h4-9,21H,3H2,1-2H3,(H2,20,22)(H,23,24). The number of hydrogen-bond acceptors (Lipinski definition) is 5. The molecule has 0 aliphatic heterocycles. The Morgan fingerprint density at radius 1 is 1.21 bits per heavy atom. The number of sulfone groups is 1. The molecule has 0 saturated heterocycles. The summed E-state index contributed by atoms with van der Waals surface area (Å²) in [7, 11) is -2.50. The summed E-state index contributed by atoms with van der Waals surface area (Å²) >= 11 is 0. The van der Waals surface area contributed by atoms with Crippen LogP contribution in [-0.2, 0) is 9.84 Å². The quantitative estimate of drug-likeness (QED) is 0.578. The van der Waals surface area contributed by atoms with Crippen molar-refractivity contribution in [2.24, 2.45) is 5.73 Å². The van der Waals surface area contributed by atoms with Crippen molar-refractivity contribution in [3.05, 3.63) is 47.7 Å². The average molecular weight is 402 g/mol. The van der Waals surface area contributed by atoms with Gasteiger partial charge in [-0.3, -0.25) is 4.79 Å². The number of carboxylic acids is 1. The van der Waals surface area contributed by atoms with E-state index in [9.17, 15) is 23.1 Å².